The van der Waals surface area contributed by atoms with E-state index in [0.717, 1.165) is 19.3 Å². The SMILES string of the molecule is O=C(C[C@H](NS(=O)(=O)c1ccc(Cl)cc1)c1ccc(F)cc1)NNC(=O)C12CC3CC(CC(C3)C1)C2. The summed E-state index contributed by atoms with van der Waals surface area (Å²) in [5.74, 6) is 0.565. The molecule has 2 aromatic rings. The lowest BCUT2D eigenvalue weighted by Crippen LogP contribution is -2.56. The Bertz CT molecular complexity index is 1220. The van der Waals surface area contributed by atoms with Crippen LogP contribution in [0.2, 0.25) is 5.02 Å². The average Bonchev–Trinajstić information content (AvgIpc) is 2.82. The number of hydrogen-bond donors (Lipinski definition) is 3. The van der Waals surface area contributed by atoms with Gasteiger partial charge in [-0.25, -0.2) is 17.5 Å². The van der Waals surface area contributed by atoms with Crippen molar-refractivity contribution in [1.82, 2.24) is 15.6 Å². The molecule has 10 heteroatoms. The molecule has 2 amide bonds. The van der Waals surface area contributed by atoms with Crippen molar-refractivity contribution in [1.29, 1.82) is 0 Å². The highest BCUT2D eigenvalue weighted by atomic mass is 35.5. The molecule has 6 rings (SSSR count). The number of amides is 2. The summed E-state index contributed by atoms with van der Waals surface area (Å²) in [6, 6.07) is 9.89. The molecule has 0 aliphatic heterocycles. The second kappa shape index (κ2) is 9.76. The van der Waals surface area contributed by atoms with Gasteiger partial charge in [-0.05, 0) is 98.2 Å². The topological polar surface area (TPSA) is 104 Å². The zero-order valence-corrected chi connectivity index (χ0v) is 21.2. The summed E-state index contributed by atoms with van der Waals surface area (Å²) < 4.78 is 42.0. The molecule has 0 unspecified atom stereocenters. The van der Waals surface area contributed by atoms with Crippen molar-refractivity contribution >= 4 is 33.4 Å². The van der Waals surface area contributed by atoms with Gasteiger partial charge in [0.2, 0.25) is 21.8 Å². The van der Waals surface area contributed by atoms with Crippen molar-refractivity contribution in [3.05, 3.63) is 64.9 Å². The van der Waals surface area contributed by atoms with Crippen LogP contribution in [0.4, 0.5) is 4.39 Å². The summed E-state index contributed by atoms with van der Waals surface area (Å²) in [4.78, 5) is 26.0. The number of carbonyl (C=O) groups excluding carboxylic acids is 2. The normalized spacial score (nSPS) is 27.4. The molecular weight excluding hydrogens is 505 g/mol. The van der Waals surface area contributed by atoms with Crippen LogP contribution in [0.1, 0.15) is 56.6 Å². The number of carbonyl (C=O) groups is 2. The highest BCUT2D eigenvalue weighted by Gasteiger charge is 2.54. The molecule has 4 fully saturated rings. The molecule has 0 aromatic heterocycles. The van der Waals surface area contributed by atoms with Crippen LogP contribution in [-0.4, -0.2) is 20.2 Å². The van der Waals surface area contributed by atoms with E-state index in [1.807, 2.05) is 0 Å². The van der Waals surface area contributed by atoms with Gasteiger partial charge in [0.05, 0.1) is 16.4 Å². The van der Waals surface area contributed by atoms with Crippen LogP contribution in [0.3, 0.4) is 0 Å². The van der Waals surface area contributed by atoms with Crippen LogP contribution in [0, 0.1) is 29.0 Å². The van der Waals surface area contributed by atoms with Gasteiger partial charge >= 0.3 is 0 Å². The van der Waals surface area contributed by atoms with Crippen LogP contribution in [-0.2, 0) is 19.6 Å². The molecule has 0 saturated heterocycles. The number of hydrogen-bond acceptors (Lipinski definition) is 4. The van der Waals surface area contributed by atoms with E-state index in [4.69, 9.17) is 11.6 Å². The minimum absolute atomic E-state index is 0.0189. The minimum atomic E-state index is -4.01. The first-order valence-corrected chi connectivity index (χ1v) is 14.1. The Morgan fingerprint density at radius 2 is 1.47 bits per heavy atom. The maximum absolute atomic E-state index is 13.5. The average molecular weight is 534 g/mol. The molecule has 4 aliphatic rings. The number of rotatable bonds is 7. The lowest BCUT2D eigenvalue weighted by Gasteiger charge is -2.55. The Hall–Kier alpha value is -2.49. The maximum Gasteiger partial charge on any atom is 0.244 e. The van der Waals surface area contributed by atoms with E-state index in [0.29, 0.717) is 28.3 Å². The van der Waals surface area contributed by atoms with Crippen molar-refractivity contribution in [2.24, 2.45) is 23.2 Å². The van der Waals surface area contributed by atoms with E-state index in [9.17, 15) is 22.4 Å². The Morgan fingerprint density at radius 3 is 2.03 bits per heavy atom. The van der Waals surface area contributed by atoms with E-state index >= 15 is 0 Å². The summed E-state index contributed by atoms with van der Waals surface area (Å²) in [5.41, 5.74) is 5.09. The van der Waals surface area contributed by atoms with Gasteiger partial charge in [0.25, 0.3) is 0 Å². The van der Waals surface area contributed by atoms with Crippen molar-refractivity contribution in [2.45, 2.75) is 55.9 Å². The Kier molecular flexibility index (Phi) is 6.82. The molecule has 192 valence electrons. The maximum atomic E-state index is 13.5. The zero-order chi connectivity index (χ0) is 25.5. The molecule has 7 nitrogen and oxygen atoms in total. The first-order valence-electron chi connectivity index (χ1n) is 12.2. The van der Waals surface area contributed by atoms with Crippen molar-refractivity contribution in [2.75, 3.05) is 0 Å². The molecule has 0 heterocycles. The number of nitrogens with one attached hydrogen (secondary N) is 3. The smallest absolute Gasteiger partial charge is 0.244 e. The third kappa shape index (κ3) is 5.28. The molecule has 0 spiro atoms. The fraction of sp³-hybridized carbons (Fsp3) is 0.462. The second-order valence-corrected chi connectivity index (χ2v) is 12.7. The monoisotopic (exact) mass is 533 g/mol. The predicted molar refractivity (Wildman–Crippen MR) is 132 cm³/mol. The molecule has 4 saturated carbocycles. The molecular formula is C26H29ClFN3O4S. The molecule has 3 N–H and O–H groups in total. The van der Waals surface area contributed by atoms with Crippen molar-refractivity contribution in [3.8, 4) is 0 Å². The number of halogens is 2. The van der Waals surface area contributed by atoms with Gasteiger partial charge in [0, 0.05) is 11.4 Å². The first kappa shape index (κ1) is 25.2. The van der Waals surface area contributed by atoms with Gasteiger partial charge in [0.1, 0.15) is 5.82 Å². The van der Waals surface area contributed by atoms with E-state index in [1.165, 1.54) is 67.8 Å². The molecule has 2 aromatic carbocycles. The van der Waals surface area contributed by atoms with Gasteiger partial charge in [-0.1, -0.05) is 23.7 Å². The molecule has 4 aliphatic carbocycles. The summed E-state index contributed by atoms with van der Waals surface area (Å²) in [6.45, 7) is 0. The van der Waals surface area contributed by atoms with Gasteiger partial charge in [-0.2, -0.15) is 0 Å². The molecule has 4 bridgehead atoms. The van der Waals surface area contributed by atoms with Gasteiger partial charge in [-0.15, -0.1) is 0 Å². The van der Waals surface area contributed by atoms with Crippen LogP contribution in [0.5, 0.6) is 0 Å². The molecule has 1 atom stereocenters. The van der Waals surface area contributed by atoms with E-state index in [1.54, 1.807) is 0 Å². The summed E-state index contributed by atoms with van der Waals surface area (Å²) in [7, 11) is -4.01. The number of hydrazine groups is 1. The fourth-order valence-corrected chi connectivity index (χ4v) is 8.03. The Labute approximate surface area is 215 Å². The fourth-order valence-electron chi connectivity index (χ4n) is 6.68. The van der Waals surface area contributed by atoms with E-state index < -0.39 is 33.2 Å². The quantitative estimate of drug-likeness (QED) is 0.463. The number of benzene rings is 2. The lowest BCUT2D eigenvalue weighted by molar-refractivity contribution is -0.149. The van der Waals surface area contributed by atoms with Crippen LogP contribution in [0.15, 0.2) is 53.4 Å². The highest BCUT2D eigenvalue weighted by molar-refractivity contribution is 7.89. The van der Waals surface area contributed by atoms with Gasteiger partial charge in [0.15, 0.2) is 0 Å². The van der Waals surface area contributed by atoms with Gasteiger partial charge < -0.3 is 0 Å². The molecule has 0 radical (unpaired) electrons. The minimum Gasteiger partial charge on any atom is -0.273 e. The Balaban J connectivity index is 1.26. The summed E-state index contributed by atoms with van der Waals surface area (Å²) in [5, 5.41) is 0.387. The van der Waals surface area contributed by atoms with Gasteiger partial charge in [-0.3, -0.25) is 20.4 Å². The van der Waals surface area contributed by atoms with Crippen LogP contribution >= 0.6 is 11.6 Å². The zero-order valence-electron chi connectivity index (χ0n) is 19.7. The van der Waals surface area contributed by atoms with E-state index in [2.05, 4.69) is 15.6 Å². The number of sulfonamides is 1. The third-order valence-corrected chi connectivity index (χ3v) is 9.66. The van der Waals surface area contributed by atoms with Crippen molar-refractivity contribution in [3.63, 3.8) is 0 Å². The second-order valence-electron chi connectivity index (χ2n) is 10.6. The van der Waals surface area contributed by atoms with Crippen molar-refractivity contribution < 1.29 is 22.4 Å². The van der Waals surface area contributed by atoms with Crippen LogP contribution in [0.25, 0.3) is 0 Å². The summed E-state index contributed by atoms with van der Waals surface area (Å²) >= 11 is 5.87. The standard InChI is InChI=1S/C26H29ClFN3O4S/c27-20-3-7-22(8-4-20)36(34,35)31-23(19-1-5-21(28)6-2-19)12-24(32)29-30-25(33)26-13-16-9-17(14-26)11-18(10-16)15-26/h1-8,16-18,23,31H,9-15H2,(H,29,32)(H,30,33)/t16?,17?,18?,23-,26?/m0/s1. The highest BCUT2D eigenvalue weighted by Crippen LogP contribution is 2.60. The largest absolute Gasteiger partial charge is 0.273 e. The Morgan fingerprint density at radius 1 is 0.917 bits per heavy atom. The van der Waals surface area contributed by atoms with Crippen LogP contribution < -0.4 is 15.6 Å². The predicted octanol–water partition coefficient (Wildman–Crippen LogP) is 4.25. The molecule has 36 heavy (non-hydrogen) atoms. The first-order chi connectivity index (χ1) is 17.1. The van der Waals surface area contributed by atoms with E-state index in [-0.39, 0.29) is 17.2 Å². The third-order valence-electron chi connectivity index (χ3n) is 7.92. The summed E-state index contributed by atoms with van der Waals surface area (Å²) in [6.07, 6.45) is 5.89. The lowest BCUT2D eigenvalue weighted by atomic mass is 9.49.